The number of imide groups is 1. The van der Waals surface area contributed by atoms with E-state index in [0.717, 1.165) is 5.56 Å². The Kier molecular flexibility index (Phi) is 4.34. The standard InChI is InChI=1S/C16H9Cl6NO3/c17-10-11(18)15(20)9-8(14(10,19)16(15,21)22)12(24)23(13(9)25)26-6-7-4-2-1-3-5-7/h1-5,8-9H,6H2/t8-,9-,14+,15+/m1/s1. The first-order chi connectivity index (χ1) is 12.1. The van der Waals surface area contributed by atoms with Gasteiger partial charge in [-0.05, 0) is 5.56 Å². The number of halogens is 6. The first-order valence-electron chi connectivity index (χ1n) is 7.46. The Morgan fingerprint density at radius 3 is 1.81 bits per heavy atom. The summed E-state index contributed by atoms with van der Waals surface area (Å²) in [6, 6.07) is 9.03. The van der Waals surface area contributed by atoms with E-state index in [4.69, 9.17) is 74.4 Å². The van der Waals surface area contributed by atoms with Crippen molar-refractivity contribution in [3.8, 4) is 0 Å². The number of allylic oxidation sites excluding steroid dienone is 2. The van der Waals surface area contributed by atoms with Gasteiger partial charge in [0.05, 0.1) is 21.9 Å². The van der Waals surface area contributed by atoms with Gasteiger partial charge in [0.2, 0.25) is 0 Å². The molecule has 0 spiro atoms. The molecule has 2 amide bonds. The molecule has 1 saturated heterocycles. The molecule has 0 aromatic heterocycles. The van der Waals surface area contributed by atoms with Crippen LogP contribution < -0.4 is 0 Å². The molecule has 138 valence electrons. The molecule has 0 N–H and O–H groups in total. The Morgan fingerprint density at radius 1 is 0.885 bits per heavy atom. The molecule has 2 fully saturated rings. The summed E-state index contributed by atoms with van der Waals surface area (Å²) < 4.78 is -1.94. The maximum absolute atomic E-state index is 12.9. The number of hydroxylamine groups is 2. The number of hydrogen-bond acceptors (Lipinski definition) is 3. The van der Waals surface area contributed by atoms with Gasteiger partial charge in [-0.2, -0.15) is 5.06 Å². The lowest BCUT2D eigenvalue weighted by molar-refractivity contribution is -0.193. The Morgan fingerprint density at radius 2 is 1.35 bits per heavy atom. The van der Waals surface area contributed by atoms with E-state index >= 15 is 0 Å². The van der Waals surface area contributed by atoms with Crippen molar-refractivity contribution in [1.82, 2.24) is 5.06 Å². The third-order valence-corrected chi connectivity index (χ3v) is 9.33. The molecular formula is C16H9Cl6NO3. The first-order valence-corrected chi connectivity index (χ1v) is 9.73. The second-order valence-electron chi connectivity index (χ2n) is 6.31. The predicted molar refractivity (Wildman–Crippen MR) is 100 cm³/mol. The van der Waals surface area contributed by atoms with Gasteiger partial charge in [0.25, 0.3) is 11.8 Å². The van der Waals surface area contributed by atoms with Crippen molar-refractivity contribution in [2.75, 3.05) is 0 Å². The van der Waals surface area contributed by atoms with Crippen LogP contribution in [0.25, 0.3) is 0 Å². The molecule has 10 heteroatoms. The number of fused-ring (bicyclic) bond motifs is 5. The molecule has 26 heavy (non-hydrogen) atoms. The number of alkyl halides is 4. The van der Waals surface area contributed by atoms with Gasteiger partial charge in [0.15, 0.2) is 4.33 Å². The van der Waals surface area contributed by atoms with Crippen LogP contribution in [-0.4, -0.2) is 31.0 Å². The monoisotopic (exact) mass is 473 g/mol. The van der Waals surface area contributed by atoms with E-state index in [2.05, 4.69) is 0 Å². The topological polar surface area (TPSA) is 46.6 Å². The Labute approximate surface area is 178 Å². The molecule has 2 aliphatic carbocycles. The zero-order chi connectivity index (χ0) is 19.1. The molecule has 0 unspecified atom stereocenters. The van der Waals surface area contributed by atoms with Gasteiger partial charge in [0.1, 0.15) is 16.4 Å². The van der Waals surface area contributed by atoms with Gasteiger partial charge in [-0.3, -0.25) is 14.4 Å². The van der Waals surface area contributed by atoms with Crippen molar-refractivity contribution in [2.24, 2.45) is 11.8 Å². The lowest BCUT2D eigenvalue weighted by atomic mass is 9.84. The van der Waals surface area contributed by atoms with Crippen LogP contribution in [0.2, 0.25) is 0 Å². The number of rotatable bonds is 3. The smallest absolute Gasteiger partial charge is 0.259 e. The summed E-state index contributed by atoms with van der Waals surface area (Å²) in [6.45, 7) is 0.00408. The van der Waals surface area contributed by atoms with Crippen LogP contribution >= 0.6 is 69.6 Å². The summed E-state index contributed by atoms with van der Waals surface area (Å²) in [4.78, 5) is 27.6. The lowest BCUT2D eigenvalue weighted by Crippen LogP contribution is -2.49. The quantitative estimate of drug-likeness (QED) is 0.475. The Hall–Kier alpha value is -0.200. The molecule has 1 aliphatic heterocycles. The van der Waals surface area contributed by atoms with Crippen LogP contribution in [0.5, 0.6) is 0 Å². The number of hydrogen-bond donors (Lipinski definition) is 0. The maximum Gasteiger partial charge on any atom is 0.259 e. The van der Waals surface area contributed by atoms with E-state index < -0.39 is 37.7 Å². The number of carbonyl (C=O) groups excluding carboxylic acids is 2. The van der Waals surface area contributed by atoms with Crippen LogP contribution in [0.1, 0.15) is 5.56 Å². The van der Waals surface area contributed by atoms with E-state index in [9.17, 15) is 9.59 Å². The van der Waals surface area contributed by atoms with E-state index in [1.165, 1.54) is 0 Å². The molecule has 1 aromatic carbocycles. The average molecular weight is 476 g/mol. The molecule has 1 heterocycles. The summed E-state index contributed by atoms with van der Waals surface area (Å²) in [5, 5.41) is 0.389. The van der Waals surface area contributed by atoms with E-state index in [-0.39, 0.29) is 16.7 Å². The molecule has 4 atom stereocenters. The first kappa shape index (κ1) is 19.1. The largest absolute Gasteiger partial charge is 0.272 e. The molecule has 2 bridgehead atoms. The highest BCUT2D eigenvalue weighted by molar-refractivity contribution is 6.66. The minimum atomic E-state index is -1.94. The second kappa shape index (κ2) is 5.90. The molecule has 3 aliphatic rings. The van der Waals surface area contributed by atoms with E-state index in [0.29, 0.717) is 5.06 Å². The normalized spacial score (nSPS) is 37.7. The molecule has 0 radical (unpaired) electrons. The van der Waals surface area contributed by atoms with Gasteiger partial charge in [-0.25, -0.2) is 0 Å². The number of carbonyl (C=O) groups is 2. The average Bonchev–Trinajstić information content (AvgIpc) is 2.99. The lowest BCUT2D eigenvalue weighted by Gasteiger charge is -2.34. The molecule has 4 nitrogen and oxygen atoms in total. The zero-order valence-corrected chi connectivity index (χ0v) is 17.2. The Balaban J connectivity index is 1.70. The fourth-order valence-corrected chi connectivity index (χ4v) is 6.74. The number of benzene rings is 1. The maximum atomic E-state index is 12.9. The zero-order valence-electron chi connectivity index (χ0n) is 12.7. The van der Waals surface area contributed by atoms with E-state index in [1.54, 1.807) is 12.1 Å². The fraction of sp³-hybridized carbons (Fsp3) is 0.375. The third kappa shape index (κ3) is 1.99. The molecular weight excluding hydrogens is 467 g/mol. The third-order valence-electron chi connectivity index (χ3n) is 5.07. The van der Waals surface area contributed by atoms with Crippen molar-refractivity contribution < 1.29 is 14.4 Å². The van der Waals surface area contributed by atoms with Crippen LogP contribution in [0.4, 0.5) is 0 Å². The SMILES string of the molecule is O=C1[C@H]2[C@H](C(=O)N1OCc1ccccc1)[C@]1(Cl)C(Cl)=C(Cl)[C@]2(Cl)C1(Cl)Cl. The summed E-state index contributed by atoms with van der Waals surface area (Å²) >= 11 is 38.4. The summed E-state index contributed by atoms with van der Waals surface area (Å²) in [7, 11) is 0. The number of amides is 2. The highest BCUT2D eigenvalue weighted by Gasteiger charge is 2.87. The van der Waals surface area contributed by atoms with Gasteiger partial charge < -0.3 is 0 Å². The van der Waals surface area contributed by atoms with Crippen molar-refractivity contribution in [1.29, 1.82) is 0 Å². The van der Waals surface area contributed by atoms with Crippen LogP contribution in [-0.2, 0) is 21.0 Å². The number of nitrogens with zero attached hydrogens (tertiary/aromatic N) is 1. The molecule has 4 rings (SSSR count). The van der Waals surface area contributed by atoms with Gasteiger partial charge >= 0.3 is 0 Å². The van der Waals surface area contributed by atoms with Crippen molar-refractivity contribution >= 4 is 81.4 Å². The van der Waals surface area contributed by atoms with Crippen LogP contribution in [0.15, 0.2) is 40.4 Å². The summed E-state index contributed by atoms with van der Waals surface area (Å²) in [5.74, 6) is -3.78. The van der Waals surface area contributed by atoms with Crippen LogP contribution in [0.3, 0.4) is 0 Å². The summed E-state index contributed by atoms with van der Waals surface area (Å²) in [6.07, 6.45) is 0. The molecule has 1 saturated carbocycles. The van der Waals surface area contributed by atoms with Crippen molar-refractivity contribution in [3.05, 3.63) is 46.0 Å². The predicted octanol–water partition coefficient (Wildman–Crippen LogP) is 4.56. The van der Waals surface area contributed by atoms with Gasteiger partial charge in [-0.15, -0.1) is 23.2 Å². The van der Waals surface area contributed by atoms with Crippen molar-refractivity contribution in [3.63, 3.8) is 0 Å². The van der Waals surface area contributed by atoms with Crippen molar-refractivity contribution in [2.45, 2.75) is 20.7 Å². The van der Waals surface area contributed by atoms with E-state index in [1.807, 2.05) is 18.2 Å². The fourth-order valence-electron chi connectivity index (χ4n) is 3.81. The minimum Gasteiger partial charge on any atom is -0.272 e. The minimum absolute atomic E-state index is 0.00408. The second-order valence-corrected chi connectivity index (χ2v) is 9.59. The summed E-state index contributed by atoms with van der Waals surface area (Å²) in [5.41, 5.74) is 0.771. The van der Waals surface area contributed by atoms with Gasteiger partial charge in [0, 0.05) is 0 Å². The van der Waals surface area contributed by atoms with Gasteiger partial charge in [-0.1, -0.05) is 76.7 Å². The molecule has 1 aromatic rings. The highest BCUT2D eigenvalue weighted by Crippen LogP contribution is 2.77. The highest BCUT2D eigenvalue weighted by atomic mass is 35.5. The van der Waals surface area contributed by atoms with Crippen LogP contribution in [0, 0.1) is 11.8 Å². The Bertz CT molecular complexity index is 813.